The van der Waals surface area contributed by atoms with Gasteiger partial charge in [-0.3, -0.25) is 0 Å². The first kappa shape index (κ1) is 11.9. The number of hydrogen-bond acceptors (Lipinski definition) is 3. The highest BCUT2D eigenvalue weighted by Gasteiger charge is 2.19. The van der Waals surface area contributed by atoms with Gasteiger partial charge in [-0.05, 0) is 24.1 Å². The molecule has 0 bridgehead atoms. The second-order valence-corrected chi connectivity index (χ2v) is 4.67. The van der Waals surface area contributed by atoms with Gasteiger partial charge >= 0.3 is 0 Å². The van der Waals surface area contributed by atoms with Gasteiger partial charge in [-0.25, -0.2) is 4.98 Å². The molecular formula is C16H16N2O. The second-order valence-electron chi connectivity index (χ2n) is 4.67. The summed E-state index contributed by atoms with van der Waals surface area (Å²) in [6.45, 7) is 2.52. The van der Waals surface area contributed by atoms with E-state index in [1.54, 1.807) is 0 Å². The monoisotopic (exact) mass is 252 g/mol. The van der Waals surface area contributed by atoms with Crippen molar-refractivity contribution in [3.05, 3.63) is 65.5 Å². The first-order chi connectivity index (χ1) is 9.29. The molecule has 1 unspecified atom stereocenters. The van der Waals surface area contributed by atoms with Crippen LogP contribution in [-0.2, 0) is 0 Å². The molecule has 0 saturated heterocycles. The minimum Gasteiger partial charge on any atom is -0.440 e. The van der Waals surface area contributed by atoms with Gasteiger partial charge < -0.3 is 10.2 Å². The Balaban J connectivity index is 2.09. The van der Waals surface area contributed by atoms with Crippen molar-refractivity contribution in [3.63, 3.8) is 0 Å². The summed E-state index contributed by atoms with van der Waals surface area (Å²) in [6, 6.07) is 16.1. The third-order valence-corrected chi connectivity index (χ3v) is 3.37. The Kier molecular flexibility index (Phi) is 3.05. The standard InChI is InChI=1S/C16H16N2O/c1-11-6-5-9-14-15(11)18-16(19-14)13(10-17)12-7-3-2-4-8-12/h2-9,13H,10,17H2,1H3. The highest BCUT2D eigenvalue weighted by Crippen LogP contribution is 2.27. The van der Waals surface area contributed by atoms with Crippen LogP contribution in [0.4, 0.5) is 0 Å². The fourth-order valence-electron chi connectivity index (χ4n) is 2.32. The Morgan fingerprint density at radius 3 is 2.58 bits per heavy atom. The van der Waals surface area contributed by atoms with E-state index in [-0.39, 0.29) is 5.92 Å². The minimum atomic E-state index is 0.00741. The van der Waals surface area contributed by atoms with Crippen LogP contribution in [0.2, 0.25) is 0 Å². The fourth-order valence-corrected chi connectivity index (χ4v) is 2.32. The van der Waals surface area contributed by atoms with Crippen molar-refractivity contribution in [2.24, 2.45) is 5.73 Å². The van der Waals surface area contributed by atoms with Crippen LogP contribution in [0.25, 0.3) is 11.1 Å². The van der Waals surface area contributed by atoms with Crippen LogP contribution in [-0.4, -0.2) is 11.5 Å². The van der Waals surface area contributed by atoms with Crippen LogP contribution in [0.3, 0.4) is 0 Å². The van der Waals surface area contributed by atoms with Crippen LogP contribution in [0.15, 0.2) is 52.9 Å². The van der Waals surface area contributed by atoms with Crippen LogP contribution in [0.5, 0.6) is 0 Å². The Bertz CT molecular complexity index is 688. The number of fused-ring (bicyclic) bond motifs is 1. The lowest BCUT2D eigenvalue weighted by Gasteiger charge is -2.10. The summed E-state index contributed by atoms with van der Waals surface area (Å²) < 4.78 is 5.87. The van der Waals surface area contributed by atoms with Crippen LogP contribution < -0.4 is 5.73 Å². The highest BCUT2D eigenvalue weighted by atomic mass is 16.3. The molecule has 3 nitrogen and oxygen atoms in total. The number of para-hydroxylation sites is 1. The van der Waals surface area contributed by atoms with Crippen molar-refractivity contribution in [1.82, 2.24) is 4.98 Å². The Morgan fingerprint density at radius 2 is 1.89 bits per heavy atom. The third-order valence-electron chi connectivity index (χ3n) is 3.37. The molecule has 0 spiro atoms. The average molecular weight is 252 g/mol. The maximum Gasteiger partial charge on any atom is 0.204 e. The molecule has 0 saturated carbocycles. The van der Waals surface area contributed by atoms with Crippen LogP contribution in [0, 0.1) is 6.92 Å². The van der Waals surface area contributed by atoms with Crippen molar-refractivity contribution in [1.29, 1.82) is 0 Å². The van der Waals surface area contributed by atoms with E-state index in [9.17, 15) is 0 Å². The lowest BCUT2D eigenvalue weighted by molar-refractivity contribution is 0.502. The van der Waals surface area contributed by atoms with E-state index in [1.165, 1.54) is 0 Å². The summed E-state index contributed by atoms with van der Waals surface area (Å²) in [5, 5.41) is 0. The van der Waals surface area contributed by atoms with Gasteiger partial charge in [-0.15, -0.1) is 0 Å². The number of oxazole rings is 1. The normalized spacial score (nSPS) is 12.7. The average Bonchev–Trinajstić information content (AvgIpc) is 2.86. The second kappa shape index (κ2) is 4.86. The van der Waals surface area contributed by atoms with E-state index in [0.717, 1.165) is 22.2 Å². The van der Waals surface area contributed by atoms with Gasteiger partial charge in [0, 0.05) is 6.54 Å². The summed E-state index contributed by atoms with van der Waals surface area (Å²) in [6.07, 6.45) is 0. The third kappa shape index (κ3) is 2.13. The van der Waals surface area contributed by atoms with E-state index in [2.05, 4.69) is 17.1 Å². The van der Waals surface area contributed by atoms with Gasteiger partial charge in [0.05, 0.1) is 5.92 Å². The Hall–Kier alpha value is -2.13. The van der Waals surface area contributed by atoms with E-state index < -0.39 is 0 Å². The number of nitrogens with two attached hydrogens (primary N) is 1. The molecule has 1 heterocycles. The molecule has 0 radical (unpaired) electrons. The molecule has 3 rings (SSSR count). The van der Waals surface area contributed by atoms with Crippen molar-refractivity contribution in [3.8, 4) is 0 Å². The first-order valence-corrected chi connectivity index (χ1v) is 6.40. The van der Waals surface area contributed by atoms with Gasteiger partial charge in [0.2, 0.25) is 5.89 Å². The number of aryl methyl sites for hydroxylation is 1. The molecule has 2 N–H and O–H groups in total. The van der Waals surface area contributed by atoms with Crippen molar-refractivity contribution < 1.29 is 4.42 Å². The molecule has 3 aromatic rings. The van der Waals surface area contributed by atoms with E-state index in [4.69, 9.17) is 10.2 Å². The number of rotatable bonds is 3. The first-order valence-electron chi connectivity index (χ1n) is 6.40. The zero-order valence-electron chi connectivity index (χ0n) is 10.8. The Labute approximate surface area is 112 Å². The number of nitrogens with zero attached hydrogens (tertiary/aromatic N) is 1. The number of benzene rings is 2. The molecule has 0 aliphatic heterocycles. The molecule has 1 atom stereocenters. The van der Waals surface area contributed by atoms with Crippen LogP contribution in [0.1, 0.15) is 22.9 Å². The van der Waals surface area contributed by atoms with E-state index in [0.29, 0.717) is 12.4 Å². The molecule has 19 heavy (non-hydrogen) atoms. The lowest BCUT2D eigenvalue weighted by atomic mass is 9.99. The summed E-state index contributed by atoms with van der Waals surface area (Å²) in [5.41, 5.74) is 9.90. The van der Waals surface area contributed by atoms with Gasteiger partial charge in [0.25, 0.3) is 0 Å². The summed E-state index contributed by atoms with van der Waals surface area (Å²) in [5.74, 6) is 0.700. The molecule has 0 amide bonds. The molecule has 96 valence electrons. The molecule has 0 fully saturated rings. The molecule has 0 aliphatic carbocycles. The Morgan fingerprint density at radius 1 is 1.11 bits per heavy atom. The zero-order valence-corrected chi connectivity index (χ0v) is 10.8. The molecule has 2 aromatic carbocycles. The zero-order chi connectivity index (χ0) is 13.2. The van der Waals surface area contributed by atoms with Gasteiger partial charge in [-0.2, -0.15) is 0 Å². The quantitative estimate of drug-likeness (QED) is 0.778. The largest absolute Gasteiger partial charge is 0.440 e. The predicted octanol–water partition coefficient (Wildman–Crippen LogP) is 3.23. The van der Waals surface area contributed by atoms with E-state index >= 15 is 0 Å². The van der Waals surface area contributed by atoms with Crippen molar-refractivity contribution in [2.45, 2.75) is 12.8 Å². The van der Waals surface area contributed by atoms with Gasteiger partial charge in [-0.1, -0.05) is 42.5 Å². The minimum absolute atomic E-state index is 0.00741. The topological polar surface area (TPSA) is 52.0 Å². The van der Waals surface area contributed by atoms with E-state index in [1.807, 2.05) is 43.3 Å². The smallest absolute Gasteiger partial charge is 0.204 e. The highest BCUT2D eigenvalue weighted by molar-refractivity contribution is 5.76. The number of aromatic nitrogens is 1. The molecule has 1 aromatic heterocycles. The maximum atomic E-state index is 5.90. The fraction of sp³-hybridized carbons (Fsp3) is 0.188. The summed E-state index contributed by atoms with van der Waals surface area (Å²) >= 11 is 0. The molecule has 0 aliphatic rings. The lowest BCUT2D eigenvalue weighted by Crippen LogP contribution is -2.14. The van der Waals surface area contributed by atoms with Gasteiger partial charge in [0.15, 0.2) is 5.58 Å². The predicted molar refractivity (Wildman–Crippen MR) is 76.1 cm³/mol. The molecule has 3 heteroatoms. The van der Waals surface area contributed by atoms with Gasteiger partial charge in [0.1, 0.15) is 5.52 Å². The summed E-state index contributed by atoms with van der Waals surface area (Å²) in [7, 11) is 0. The molecular weight excluding hydrogens is 236 g/mol. The summed E-state index contributed by atoms with van der Waals surface area (Å²) in [4.78, 5) is 4.61. The SMILES string of the molecule is Cc1cccc2oc(C(CN)c3ccccc3)nc12. The maximum absolute atomic E-state index is 5.90. The van der Waals surface area contributed by atoms with Crippen molar-refractivity contribution in [2.75, 3.05) is 6.54 Å². The van der Waals surface area contributed by atoms with Crippen molar-refractivity contribution >= 4 is 11.1 Å². The van der Waals surface area contributed by atoms with Crippen LogP contribution >= 0.6 is 0 Å². The number of hydrogen-bond donors (Lipinski definition) is 1.